The van der Waals surface area contributed by atoms with Crippen LogP contribution in [0.25, 0.3) is 11.3 Å². The number of aromatic amines is 1. The number of anilines is 1. The molecule has 3 N–H and O–H groups in total. The fourth-order valence-corrected chi connectivity index (χ4v) is 3.01. The number of carbonyl (C=O) groups is 1. The smallest absolute Gasteiger partial charge is 0.435 e. The molecule has 0 aliphatic carbocycles. The molecule has 3 aromatic heterocycles. The van der Waals surface area contributed by atoms with Crippen LogP contribution in [0.5, 0.6) is 11.9 Å². The number of H-pyrrole nitrogens is 1. The summed E-state index contributed by atoms with van der Waals surface area (Å²) in [5.74, 6) is 0.397. The molecule has 0 bridgehead atoms. The number of halogens is 3. The maximum absolute atomic E-state index is 13.3. The summed E-state index contributed by atoms with van der Waals surface area (Å²) >= 11 is 0. The number of rotatable bonds is 8. The lowest BCUT2D eigenvalue weighted by atomic mass is 10.0. The maximum Gasteiger partial charge on any atom is 0.435 e. The summed E-state index contributed by atoms with van der Waals surface area (Å²) in [4.78, 5) is 20.4. The molecule has 34 heavy (non-hydrogen) atoms. The van der Waals surface area contributed by atoms with Crippen LogP contribution in [0.4, 0.5) is 23.8 Å². The third-order valence-electron chi connectivity index (χ3n) is 4.41. The molecule has 0 aliphatic rings. The zero-order valence-electron chi connectivity index (χ0n) is 18.9. The van der Waals surface area contributed by atoms with Gasteiger partial charge in [0.1, 0.15) is 5.82 Å². The van der Waals surface area contributed by atoms with E-state index in [-0.39, 0.29) is 41.2 Å². The van der Waals surface area contributed by atoms with Gasteiger partial charge in [-0.3, -0.25) is 10.4 Å². The molecule has 0 spiro atoms. The van der Waals surface area contributed by atoms with Crippen molar-refractivity contribution in [1.82, 2.24) is 35.7 Å². The average molecular weight is 480 g/mol. The van der Waals surface area contributed by atoms with Crippen LogP contribution in [-0.2, 0) is 12.7 Å². The number of carbonyl (C=O) groups excluding carboxylic acids is 1. The van der Waals surface area contributed by atoms with Gasteiger partial charge in [0.2, 0.25) is 5.88 Å². The summed E-state index contributed by atoms with van der Waals surface area (Å²) in [6, 6.07) is 2.43. The molecular formula is C20H23F3N8O3. The van der Waals surface area contributed by atoms with Crippen LogP contribution in [0.2, 0.25) is 0 Å². The van der Waals surface area contributed by atoms with Crippen LogP contribution in [-0.4, -0.2) is 49.6 Å². The van der Waals surface area contributed by atoms with Crippen molar-refractivity contribution in [3.8, 4) is 23.1 Å². The Labute approximate surface area is 192 Å². The Hall–Kier alpha value is -3.97. The zero-order valence-corrected chi connectivity index (χ0v) is 18.9. The zero-order chi connectivity index (χ0) is 24.9. The minimum Gasteiger partial charge on any atom is -0.478 e. The van der Waals surface area contributed by atoms with Gasteiger partial charge in [0.15, 0.2) is 5.69 Å². The fourth-order valence-electron chi connectivity index (χ4n) is 3.01. The Balaban J connectivity index is 1.70. The largest absolute Gasteiger partial charge is 0.478 e. The summed E-state index contributed by atoms with van der Waals surface area (Å²) in [7, 11) is 0. The van der Waals surface area contributed by atoms with Crippen molar-refractivity contribution in [2.45, 2.75) is 40.4 Å². The molecule has 0 radical (unpaired) electrons. The first-order valence-corrected chi connectivity index (χ1v) is 10.3. The molecule has 0 aliphatic heterocycles. The van der Waals surface area contributed by atoms with Crippen molar-refractivity contribution in [2.75, 3.05) is 18.5 Å². The Morgan fingerprint density at radius 3 is 2.47 bits per heavy atom. The SMILES string of the molecule is CCOc1cc(NC(=O)NCc2cc(C)c(-c3c(C(F)(F)F)n[nH]c3C)nn2)nc(OCC)n1. The Kier molecular flexibility index (Phi) is 7.48. The van der Waals surface area contributed by atoms with E-state index in [9.17, 15) is 18.0 Å². The van der Waals surface area contributed by atoms with Crippen molar-refractivity contribution in [2.24, 2.45) is 0 Å². The number of amides is 2. The second-order valence-corrected chi connectivity index (χ2v) is 6.98. The Morgan fingerprint density at radius 2 is 1.82 bits per heavy atom. The van der Waals surface area contributed by atoms with Gasteiger partial charge in [0.25, 0.3) is 0 Å². The van der Waals surface area contributed by atoms with Crippen LogP contribution in [0.3, 0.4) is 0 Å². The molecule has 3 aromatic rings. The molecule has 182 valence electrons. The number of hydrogen-bond donors (Lipinski definition) is 3. The number of nitrogens with zero attached hydrogens (tertiary/aromatic N) is 5. The van der Waals surface area contributed by atoms with E-state index in [0.29, 0.717) is 24.5 Å². The maximum atomic E-state index is 13.3. The van der Waals surface area contributed by atoms with Gasteiger partial charge in [0, 0.05) is 11.8 Å². The number of ether oxygens (including phenoxy) is 2. The Morgan fingerprint density at radius 1 is 1.09 bits per heavy atom. The monoisotopic (exact) mass is 480 g/mol. The third-order valence-corrected chi connectivity index (χ3v) is 4.41. The molecule has 0 unspecified atom stereocenters. The molecule has 0 fully saturated rings. The highest BCUT2D eigenvalue weighted by Crippen LogP contribution is 2.37. The van der Waals surface area contributed by atoms with Crippen molar-refractivity contribution < 1.29 is 27.4 Å². The number of hydrogen-bond acceptors (Lipinski definition) is 8. The summed E-state index contributed by atoms with van der Waals surface area (Å²) in [6.07, 6.45) is -4.64. The second-order valence-electron chi connectivity index (χ2n) is 6.98. The number of aromatic nitrogens is 6. The number of alkyl halides is 3. The minimum absolute atomic E-state index is 0.0296. The minimum atomic E-state index is -4.64. The van der Waals surface area contributed by atoms with Crippen LogP contribution in [0.15, 0.2) is 12.1 Å². The first-order chi connectivity index (χ1) is 16.1. The van der Waals surface area contributed by atoms with E-state index in [1.54, 1.807) is 26.8 Å². The highest BCUT2D eigenvalue weighted by atomic mass is 19.4. The fraction of sp³-hybridized carbons (Fsp3) is 0.400. The van der Waals surface area contributed by atoms with E-state index in [1.807, 2.05) is 0 Å². The molecule has 11 nitrogen and oxygen atoms in total. The number of nitrogens with one attached hydrogen (secondary N) is 3. The second kappa shape index (κ2) is 10.3. The highest BCUT2D eigenvalue weighted by molar-refractivity contribution is 5.88. The first-order valence-electron chi connectivity index (χ1n) is 10.3. The third kappa shape index (κ3) is 5.88. The summed E-state index contributed by atoms with van der Waals surface area (Å²) < 4.78 is 50.4. The van der Waals surface area contributed by atoms with E-state index in [4.69, 9.17) is 9.47 Å². The van der Waals surface area contributed by atoms with Gasteiger partial charge in [-0.2, -0.15) is 33.3 Å². The van der Waals surface area contributed by atoms with E-state index in [1.165, 1.54) is 13.0 Å². The van der Waals surface area contributed by atoms with Gasteiger partial charge >= 0.3 is 18.2 Å². The molecule has 14 heteroatoms. The lowest BCUT2D eigenvalue weighted by Gasteiger charge is -2.11. The predicted octanol–water partition coefficient (Wildman–Crippen LogP) is 3.41. The standard InChI is InChI=1S/C20H23F3N8O3/c1-5-33-14-8-13(26-19(27-14)34-6-2)25-18(32)24-9-12-7-10(3)16(30-29-12)15-11(4)28-31-17(15)20(21,22)23/h7-8H,5-6,9H2,1-4H3,(H,28,31)(H2,24,25,26,27,32). The van der Waals surface area contributed by atoms with Gasteiger partial charge in [-0.05, 0) is 39.3 Å². The summed E-state index contributed by atoms with van der Waals surface area (Å²) in [5, 5.41) is 18.7. The Bertz CT molecular complexity index is 1140. The lowest BCUT2D eigenvalue weighted by Crippen LogP contribution is -2.29. The summed E-state index contributed by atoms with van der Waals surface area (Å²) in [6.45, 7) is 7.30. The number of aryl methyl sites for hydroxylation is 2. The van der Waals surface area contributed by atoms with E-state index >= 15 is 0 Å². The molecule has 2 amide bonds. The van der Waals surface area contributed by atoms with Crippen LogP contribution >= 0.6 is 0 Å². The topological polar surface area (TPSA) is 140 Å². The van der Waals surface area contributed by atoms with Crippen LogP contribution in [0.1, 0.15) is 36.5 Å². The normalized spacial score (nSPS) is 11.3. The van der Waals surface area contributed by atoms with Crippen molar-refractivity contribution >= 4 is 11.8 Å². The molecule has 3 heterocycles. The predicted molar refractivity (Wildman–Crippen MR) is 114 cm³/mol. The van der Waals surface area contributed by atoms with Crippen molar-refractivity contribution in [3.63, 3.8) is 0 Å². The molecule has 0 saturated carbocycles. The average Bonchev–Trinajstić information content (AvgIpc) is 3.14. The molecule has 0 saturated heterocycles. The lowest BCUT2D eigenvalue weighted by molar-refractivity contribution is -0.140. The van der Waals surface area contributed by atoms with Crippen molar-refractivity contribution in [3.05, 3.63) is 34.8 Å². The van der Waals surface area contributed by atoms with E-state index < -0.39 is 17.9 Å². The molecular weight excluding hydrogens is 457 g/mol. The van der Waals surface area contributed by atoms with E-state index in [2.05, 4.69) is 41.0 Å². The van der Waals surface area contributed by atoms with Gasteiger partial charge < -0.3 is 14.8 Å². The first kappa shape index (κ1) is 24.7. The summed E-state index contributed by atoms with van der Waals surface area (Å²) in [5.41, 5.74) is -0.152. The quantitative estimate of drug-likeness (QED) is 0.446. The molecule has 0 aromatic carbocycles. The van der Waals surface area contributed by atoms with Gasteiger partial charge in [0.05, 0.1) is 36.7 Å². The van der Waals surface area contributed by atoms with Gasteiger partial charge in [-0.25, -0.2) is 4.79 Å². The van der Waals surface area contributed by atoms with Crippen molar-refractivity contribution in [1.29, 1.82) is 0 Å². The molecule has 3 rings (SSSR count). The highest BCUT2D eigenvalue weighted by Gasteiger charge is 2.38. The van der Waals surface area contributed by atoms with Gasteiger partial charge in [-0.1, -0.05) is 0 Å². The number of urea groups is 1. The van der Waals surface area contributed by atoms with Gasteiger partial charge in [-0.15, -0.1) is 5.10 Å². The van der Waals surface area contributed by atoms with Crippen LogP contribution in [0, 0.1) is 13.8 Å². The molecule has 0 atom stereocenters. The van der Waals surface area contributed by atoms with Crippen LogP contribution < -0.4 is 20.1 Å². The van der Waals surface area contributed by atoms with E-state index in [0.717, 1.165) is 0 Å².